The van der Waals surface area contributed by atoms with Gasteiger partial charge >= 0.3 is 0 Å². The number of piperazine rings is 1. The van der Waals surface area contributed by atoms with Gasteiger partial charge in [0.15, 0.2) is 5.69 Å². The summed E-state index contributed by atoms with van der Waals surface area (Å²) in [7, 11) is 0. The first-order valence-corrected chi connectivity index (χ1v) is 8.34. The van der Waals surface area contributed by atoms with Gasteiger partial charge in [0, 0.05) is 38.4 Å². The Labute approximate surface area is 142 Å². The summed E-state index contributed by atoms with van der Waals surface area (Å²) in [6.07, 6.45) is 0. The van der Waals surface area contributed by atoms with Crippen LogP contribution in [0.5, 0.6) is 0 Å². The smallest absolute Gasteiger partial charge is 0.274 e. The largest absolute Gasteiger partial charge is 0.395 e. The predicted octanol–water partition coefficient (Wildman–Crippen LogP) is 1.24. The first-order chi connectivity index (χ1) is 11.6. The fraction of sp³-hybridized carbons (Fsp3) is 0.444. The number of hydrogen-bond donors (Lipinski definition) is 1. The van der Waals surface area contributed by atoms with Crippen molar-refractivity contribution in [2.45, 2.75) is 13.8 Å². The van der Waals surface area contributed by atoms with E-state index < -0.39 is 0 Å². The van der Waals surface area contributed by atoms with Crippen molar-refractivity contribution in [2.24, 2.45) is 0 Å². The molecule has 0 spiro atoms. The number of nitrogens with zero attached hydrogens (tertiary/aromatic N) is 4. The van der Waals surface area contributed by atoms with Crippen LogP contribution in [0, 0.1) is 13.8 Å². The number of aliphatic hydroxyl groups is 1. The van der Waals surface area contributed by atoms with E-state index in [4.69, 9.17) is 5.11 Å². The topological polar surface area (TPSA) is 61.6 Å². The number of hydrogen-bond acceptors (Lipinski definition) is 4. The molecule has 1 fully saturated rings. The number of carbonyl (C=O) groups is 1. The van der Waals surface area contributed by atoms with Gasteiger partial charge in [-0.2, -0.15) is 5.10 Å². The number of amides is 1. The SMILES string of the molecule is Cc1ccc(-n2nc(C(=O)N3CCN(CCO)CC3)cc2C)cc1. The fourth-order valence-electron chi connectivity index (χ4n) is 3.00. The van der Waals surface area contributed by atoms with Crippen LogP contribution in [-0.4, -0.2) is 69.9 Å². The Morgan fingerprint density at radius 1 is 1.12 bits per heavy atom. The van der Waals surface area contributed by atoms with E-state index in [2.05, 4.69) is 10.00 Å². The first kappa shape index (κ1) is 16.7. The number of aliphatic hydroxyl groups excluding tert-OH is 1. The van der Waals surface area contributed by atoms with Gasteiger partial charge in [-0.3, -0.25) is 9.69 Å². The average Bonchev–Trinajstić information content (AvgIpc) is 2.98. The number of aromatic nitrogens is 2. The van der Waals surface area contributed by atoms with Gasteiger partial charge < -0.3 is 10.0 Å². The highest BCUT2D eigenvalue weighted by molar-refractivity contribution is 5.92. The van der Waals surface area contributed by atoms with Crippen LogP contribution in [0.1, 0.15) is 21.7 Å². The van der Waals surface area contributed by atoms with Crippen molar-refractivity contribution < 1.29 is 9.90 Å². The molecule has 1 N–H and O–H groups in total. The lowest BCUT2D eigenvalue weighted by molar-refractivity contribution is 0.0609. The van der Waals surface area contributed by atoms with Gasteiger partial charge in [-0.25, -0.2) is 4.68 Å². The van der Waals surface area contributed by atoms with Gasteiger partial charge in [-0.1, -0.05) is 17.7 Å². The molecule has 1 aliphatic heterocycles. The molecule has 2 heterocycles. The van der Waals surface area contributed by atoms with Crippen LogP contribution in [0.15, 0.2) is 30.3 Å². The van der Waals surface area contributed by atoms with E-state index >= 15 is 0 Å². The van der Waals surface area contributed by atoms with Crippen LogP contribution in [0.4, 0.5) is 0 Å². The normalized spacial score (nSPS) is 15.7. The summed E-state index contributed by atoms with van der Waals surface area (Å²) in [5.74, 6) is -0.0207. The molecule has 24 heavy (non-hydrogen) atoms. The molecule has 6 nitrogen and oxygen atoms in total. The van der Waals surface area contributed by atoms with E-state index in [-0.39, 0.29) is 12.5 Å². The van der Waals surface area contributed by atoms with Gasteiger partial charge in [-0.15, -0.1) is 0 Å². The highest BCUT2D eigenvalue weighted by atomic mass is 16.3. The third kappa shape index (κ3) is 3.49. The Balaban J connectivity index is 1.73. The molecule has 0 aliphatic carbocycles. The Morgan fingerprint density at radius 3 is 2.42 bits per heavy atom. The minimum atomic E-state index is -0.0207. The third-order valence-corrected chi connectivity index (χ3v) is 4.46. The molecule has 1 amide bonds. The van der Waals surface area contributed by atoms with Crippen molar-refractivity contribution >= 4 is 5.91 Å². The second-order valence-corrected chi connectivity index (χ2v) is 6.28. The highest BCUT2D eigenvalue weighted by Gasteiger charge is 2.24. The molecular weight excluding hydrogens is 304 g/mol. The molecule has 0 saturated carbocycles. The van der Waals surface area contributed by atoms with Gasteiger partial charge in [0.2, 0.25) is 0 Å². The van der Waals surface area contributed by atoms with Crippen molar-refractivity contribution in [3.8, 4) is 5.69 Å². The highest BCUT2D eigenvalue weighted by Crippen LogP contribution is 2.15. The van der Waals surface area contributed by atoms with Gasteiger partial charge in [0.1, 0.15) is 0 Å². The van der Waals surface area contributed by atoms with Crippen LogP contribution in [-0.2, 0) is 0 Å². The van der Waals surface area contributed by atoms with E-state index in [0.717, 1.165) is 24.5 Å². The van der Waals surface area contributed by atoms with E-state index in [1.54, 1.807) is 0 Å². The summed E-state index contributed by atoms with van der Waals surface area (Å²) >= 11 is 0. The van der Waals surface area contributed by atoms with E-state index in [1.807, 2.05) is 53.8 Å². The van der Waals surface area contributed by atoms with Crippen molar-refractivity contribution in [3.05, 3.63) is 47.3 Å². The molecule has 1 aromatic carbocycles. The Morgan fingerprint density at radius 2 is 1.79 bits per heavy atom. The van der Waals surface area contributed by atoms with Crippen LogP contribution in [0.25, 0.3) is 5.69 Å². The summed E-state index contributed by atoms with van der Waals surface area (Å²) in [5.41, 5.74) is 3.59. The van der Waals surface area contributed by atoms with E-state index in [9.17, 15) is 4.79 Å². The number of benzene rings is 1. The quantitative estimate of drug-likeness (QED) is 0.917. The third-order valence-electron chi connectivity index (χ3n) is 4.46. The lowest BCUT2D eigenvalue weighted by Gasteiger charge is -2.33. The van der Waals surface area contributed by atoms with Crippen LogP contribution in [0.3, 0.4) is 0 Å². The van der Waals surface area contributed by atoms with E-state index in [0.29, 0.717) is 25.3 Å². The molecule has 128 valence electrons. The molecule has 2 aromatic rings. The molecule has 1 saturated heterocycles. The molecule has 6 heteroatoms. The lowest BCUT2D eigenvalue weighted by atomic mass is 10.2. The Kier molecular flexibility index (Phi) is 4.97. The van der Waals surface area contributed by atoms with Gasteiger partial charge in [-0.05, 0) is 32.0 Å². The first-order valence-electron chi connectivity index (χ1n) is 8.34. The molecule has 0 unspecified atom stereocenters. The average molecular weight is 328 g/mol. The molecule has 1 aromatic heterocycles. The second-order valence-electron chi connectivity index (χ2n) is 6.28. The van der Waals surface area contributed by atoms with Gasteiger partial charge in [0.05, 0.1) is 12.3 Å². The van der Waals surface area contributed by atoms with Crippen LogP contribution in [0.2, 0.25) is 0 Å². The minimum absolute atomic E-state index is 0.0207. The number of β-amino-alcohol motifs (C(OH)–C–C–N with tert-alkyl or cyclic N) is 1. The summed E-state index contributed by atoms with van der Waals surface area (Å²) in [5, 5.41) is 13.5. The van der Waals surface area contributed by atoms with Crippen molar-refractivity contribution in [1.29, 1.82) is 0 Å². The molecule has 0 atom stereocenters. The lowest BCUT2D eigenvalue weighted by Crippen LogP contribution is -2.49. The summed E-state index contributed by atoms with van der Waals surface area (Å²) in [6, 6.07) is 9.95. The van der Waals surface area contributed by atoms with E-state index in [1.165, 1.54) is 5.56 Å². The number of aryl methyl sites for hydroxylation is 2. The summed E-state index contributed by atoms with van der Waals surface area (Å²) in [4.78, 5) is 16.7. The summed E-state index contributed by atoms with van der Waals surface area (Å²) in [6.45, 7) is 7.78. The van der Waals surface area contributed by atoms with Crippen molar-refractivity contribution in [2.75, 3.05) is 39.3 Å². The second kappa shape index (κ2) is 7.15. The monoisotopic (exact) mass is 328 g/mol. The van der Waals surface area contributed by atoms with Gasteiger partial charge in [0.25, 0.3) is 5.91 Å². The Bertz CT molecular complexity index is 700. The standard InChI is InChI=1S/C18H24N4O2/c1-14-3-5-16(6-4-14)22-15(2)13-17(19-22)18(24)21-9-7-20(8-10-21)11-12-23/h3-6,13,23H,7-12H2,1-2H3. The van der Waals surface area contributed by atoms with Crippen LogP contribution >= 0.6 is 0 Å². The molecular formula is C18H24N4O2. The number of carbonyl (C=O) groups excluding carboxylic acids is 1. The Hall–Kier alpha value is -2.18. The zero-order valence-electron chi connectivity index (χ0n) is 14.3. The number of rotatable bonds is 4. The zero-order chi connectivity index (χ0) is 17.1. The molecule has 1 aliphatic rings. The van der Waals surface area contributed by atoms with Crippen LogP contribution < -0.4 is 0 Å². The zero-order valence-corrected chi connectivity index (χ0v) is 14.3. The molecule has 3 rings (SSSR count). The van der Waals surface area contributed by atoms with Crippen molar-refractivity contribution in [3.63, 3.8) is 0 Å². The maximum absolute atomic E-state index is 12.7. The minimum Gasteiger partial charge on any atom is -0.395 e. The maximum Gasteiger partial charge on any atom is 0.274 e. The molecule has 0 radical (unpaired) electrons. The van der Waals surface area contributed by atoms with Crippen molar-refractivity contribution in [1.82, 2.24) is 19.6 Å². The molecule has 0 bridgehead atoms. The maximum atomic E-state index is 12.7. The predicted molar refractivity (Wildman–Crippen MR) is 92.5 cm³/mol. The fourth-order valence-corrected chi connectivity index (χ4v) is 3.00. The summed E-state index contributed by atoms with van der Waals surface area (Å²) < 4.78 is 1.81.